The maximum absolute atomic E-state index is 12.2. The zero-order chi connectivity index (χ0) is 23.7. The van der Waals surface area contributed by atoms with Gasteiger partial charge in [-0.15, -0.1) is 0 Å². The van der Waals surface area contributed by atoms with Crippen molar-refractivity contribution in [1.82, 2.24) is 4.98 Å². The number of fused-ring (bicyclic) bond motifs is 1. The summed E-state index contributed by atoms with van der Waals surface area (Å²) < 4.78 is 38.7. The molecule has 0 saturated carbocycles. The fourth-order valence-electron chi connectivity index (χ4n) is 3.46. The second kappa shape index (κ2) is 16.6. The van der Waals surface area contributed by atoms with E-state index in [2.05, 4.69) is 17.1 Å². The SMILES string of the molecule is O=C(CCCc1cc2ccccc2[nH]1)OCC1COCCOCCOCCOCCOCCO1. The zero-order valence-corrected chi connectivity index (χ0v) is 19.8. The van der Waals surface area contributed by atoms with Crippen molar-refractivity contribution in [2.45, 2.75) is 25.4 Å². The van der Waals surface area contributed by atoms with Gasteiger partial charge in [0.2, 0.25) is 0 Å². The van der Waals surface area contributed by atoms with Crippen molar-refractivity contribution in [2.75, 3.05) is 79.3 Å². The van der Waals surface area contributed by atoms with Gasteiger partial charge in [0, 0.05) is 17.6 Å². The summed E-state index contributed by atoms with van der Waals surface area (Å²) >= 11 is 0. The van der Waals surface area contributed by atoms with E-state index in [9.17, 15) is 4.79 Å². The van der Waals surface area contributed by atoms with Crippen LogP contribution in [-0.4, -0.2) is 96.3 Å². The van der Waals surface area contributed by atoms with E-state index in [-0.39, 0.29) is 18.7 Å². The minimum Gasteiger partial charge on any atom is -0.463 e. The van der Waals surface area contributed by atoms with Crippen LogP contribution < -0.4 is 0 Å². The highest BCUT2D eigenvalue weighted by molar-refractivity contribution is 5.80. The number of carbonyl (C=O) groups is 1. The third-order valence-corrected chi connectivity index (χ3v) is 5.22. The maximum Gasteiger partial charge on any atom is 0.305 e. The van der Waals surface area contributed by atoms with Crippen molar-refractivity contribution in [3.8, 4) is 0 Å². The van der Waals surface area contributed by atoms with Crippen molar-refractivity contribution in [2.24, 2.45) is 0 Å². The Balaban J connectivity index is 1.33. The molecule has 3 rings (SSSR count). The van der Waals surface area contributed by atoms with E-state index in [1.165, 1.54) is 5.39 Å². The van der Waals surface area contributed by atoms with Gasteiger partial charge in [0.1, 0.15) is 12.7 Å². The Labute approximate surface area is 200 Å². The summed E-state index contributed by atoms with van der Waals surface area (Å²) in [5, 5.41) is 1.18. The van der Waals surface area contributed by atoms with Gasteiger partial charge in [-0.25, -0.2) is 0 Å². The number of ether oxygens (including phenoxy) is 7. The standard InChI is InChI=1S/C25H37NO8/c27-25(7-3-5-22-18-21-4-1-2-6-24(21)26-22)34-20-23-19-32-15-14-30-11-10-28-8-9-29-12-13-31-16-17-33-23/h1-2,4,6,18,23,26H,3,5,7-17,19-20H2. The monoisotopic (exact) mass is 479 g/mol. The Morgan fingerprint density at radius 1 is 0.853 bits per heavy atom. The largest absolute Gasteiger partial charge is 0.463 e. The zero-order valence-electron chi connectivity index (χ0n) is 19.8. The molecule has 190 valence electrons. The van der Waals surface area contributed by atoms with Gasteiger partial charge in [-0.3, -0.25) is 4.79 Å². The lowest BCUT2D eigenvalue weighted by atomic mass is 10.2. The lowest BCUT2D eigenvalue weighted by Crippen LogP contribution is -2.29. The Hall–Kier alpha value is -2.01. The molecular formula is C25H37NO8. The van der Waals surface area contributed by atoms with Crippen LogP contribution in [0.5, 0.6) is 0 Å². The smallest absolute Gasteiger partial charge is 0.305 e. The first-order chi connectivity index (χ1) is 16.8. The number of nitrogens with one attached hydrogen (secondary N) is 1. The summed E-state index contributed by atoms with van der Waals surface area (Å²) in [5.74, 6) is -0.240. The van der Waals surface area contributed by atoms with Crippen molar-refractivity contribution >= 4 is 16.9 Å². The Bertz CT molecular complexity index is 760. The normalized spacial score (nSPS) is 20.4. The van der Waals surface area contributed by atoms with Gasteiger partial charge in [-0.1, -0.05) is 18.2 Å². The molecule has 1 saturated heterocycles. The third-order valence-electron chi connectivity index (χ3n) is 5.22. The molecule has 1 unspecified atom stereocenters. The first-order valence-electron chi connectivity index (χ1n) is 12.0. The fourth-order valence-corrected chi connectivity index (χ4v) is 3.46. The summed E-state index contributed by atoms with van der Waals surface area (Å²) in [6, 6.07) is 10.3. The molecule has 1 N–H and O–H groups in total. The highest BCUT2D eigenvalue weighted by atomic mass is 16.6. The summed E-state index contributed by atoms with van der Waals surface area (Å²) in [6.45, 7) is 5.22. The van der Waals surface area contributed by atoms with Crippen LogP contribution in [0.4, 0.5) is 0 Å². The molecular weight excluding hydrogens is 442 g/mol. The third kappa shape index (κ3) is 10.9. The molecule has 0 amide bonds. The number of esters is 1. The maximum atomic E-state index is 12.2. The van der Waals surface area contributed by atoms with Gasteiger partial charge in [0.05, 0.1) is 72.7 Å². The minimum absolute atomic E-state index is 0.142. The molecule has 2 heterocycles. The average Bonchev–Trinajstić information content (AvgIpc) is 3.26. The predicted octanol–water partition coefficient (Wildman–Crippen LogP) is 2.52. The summed E-state index contributed by atoms with van der Waals surface area (Å²) in [5.41, 5.74) is 2.23. The van der Waals surface area contributed by atoms with Crippen LogP contribution in [0.1, 0.15) is 18.5 Å². The number of hydrogen-bond donors (Lipinski definition) is 1. The van der Waals surface area contributed by atoms with Crippen molar-refractivity contribution in [3.05, 3.63) is 36.0 Å². The number of aryl methyl sites for hydroxylation is 1. The molecule has 0 bridgehead atoms. The molecule has 1 aliphatic heterocycles. The number of rotatable bonds is 6. The Morgan fingerprint density at radius 2 is 1.47 bits per heavy atom. The molecule has 0 spiro atoms. The highest BCUT2D eigenvalue weighted by Gasteiger charge is 2.14. The van der Waals surface area contributed by atoms with Crippen LogP contribution in [0.25, 0.3) is 10.9 Å². The van der Waals surface area contributed by atoms with Crippen molar-refractivity contribution < 1.29 is 38.0 Å². The molecule has 1 atom stereocenters. The molecule has 9 heteroatoms. The van der Waals surface area contributed by atoms with Gasteiger partial charge in [0.25, 0.3) is 0 Å². The molecule has 0 radical (unpaired) electrons. The van der Waals surface area contributed by atoms with Crippen LogP contribution >= 0.6 is 0 Å². The molecule has 34 heavy (non-hydrogen) atoms. The molecule has 2 aromatic rings. The van der Waals surface area contributed by atoms with Crippen molar-refractivity contribution in [3.63, 3.8) is 0 Å². The highest BCUT2D eigenvalue weighted by Crippen LogP contribution is 2.16. The van der Waals surface area contributed by atoms with Gasteiger partial charge in [-0.2, -0.15) is 0 Å². The lowest BCUT2D eigenvalue weighted by molar-refractivity contribution is -0.150. The van der Waals surface area contributed by atoms with Gasteiger partial charge in [0.15, 0.2) is 0 Å². The molecule has 1 aromatic carbocycles. The fraction of sp³-hybridized carbons (Fsp3) is 0.640. The van der Waals surface area contributed by atoms with E-state index in [0.29, 0.717) is 85.5 Å². The van der Waals surface area contributed by atoms with Crippen LogP contribution in [0, 0.1) is 0 Å². The van der Waals surface area contributed by atoms with Crippen LogP contribution in [0.15, 0.2) is 30.3 Å². The second-order valence-electron chi connectivity index (χ2n) is 7.94. The minimum atomic E-state index is -0.361. The van der Waals surface area contributed by atoms with Gasteiger partial charge < -0.3 is 38.1 Å². The average molecular weight is 480 g/mol. The predicted molar refractivity (Wildman–Crippen MR) is 126 cm³/mol. The first-order valence-corrected chi connectivity index (χ1v) is 12.0. The van der Waals surface area contributed by atoms with Crippen LogP contribution in [-0.2, 0) is 44.4 Å². The summed E-state index contributed by atoms with van der Waals surface area (Å²) in [6.07, 6.45) is 1.49. The molecule has 9 nitrogen and oxygen atoms in total. The molecule has 1 fully saturated rings. The van der Waals surface area contributed by atoms with Crippen LogP contribution in [0.3, 0.4) is 0 Å². The molecule has 1 aliphatic rings. The van der Waals surface area contributed by atoms with E-state index in [0.717, 1.165) is 17.6 Å². The van der Waals surface area contributed by atoms with Gasteiger partial charge >= 0.3 is 5.97 Å². The number of para-hydroxylation sites is 1. The van der Waals surface area contributed by atoms with E-state index in [1.54, 1.807) is 0 Å². The molecule has 1 aromatic heterocycles. The first kappa shape index (κ1) is 26.6. The number of aromatic nitrogens is 1. The van der Waals surface area contributed by atoms with E-state index < -0.39 is 0 Å². The number of carbonyl (C=O) groups excluding carboxylic acids is 1. The number of H-pyrrole nitrogens is 1. The van der Waals surface area contributed by atoms with E-state index in [4.69, 9.17) is 33.2 Å². The van der Waals surface area contributed by atoms with Crippen LogP contribution in [0.2, 0.25) is 0 Å². The van der Waals surface area contributed by atoms with Crippen molar-refractivity contribution in [1.29, 1.82) is 0 Å². The Kier molecular flexibility index (Phi) is 13.0. The molecule has 0 aliphatic carbocycles. The lowest BCUT2D eigenvalue weighted by Gasteiger charge is -2.18. The Morgan fingerprint density at radius 3 is 2.15 bits per heavy atom. The number of hydrogen-bond acceptors (Lipinski definition) is 8. The van der Waals surface area contributed by atoms with E-state index >= 15 is 0 Å². The number of aromatic amines is 1. The topological polar surface area (TPSA) is 97.5 Å². The van der Waals surface area contributed by atoms with E-state index in [1.807, 2.05) is 18.2 Å². The quantitative estimate of drug-likeness (QED) is 0.632. The number of benzene rings is 1. The summed E-state index contributed by atoms with van der Waals surface area (Å²) in [7, 11) is 0. The summed E-state index contributed by atoms with van der Waals surface area (Å²) in [4.78, 5) is 15.6. The van der Waals surface area contributed by atoms with Gasteiger partial charge in [-0.05, 0) is 30.4 Å². The second-order valence-corrected chi connectivity index (χ2v) is 7.94.